The Balaban J connectivity index is 1.82. The van der Waals surface area contributed by atoms with Gasteiger partial charge in [0, 0.05) is 29.2 Å². The summed E-state index contributed by atoms with van der Waals surface area (Å²) in [5, 5.41) is 4.70. The number of aromatic nitrogens is 2. The molecule has 2 N–H and O–H groups in total. The fourth-order valence-electron chi connectivity index (χ4n) is 2.54. The van der Waals surface area contributed by atoms with Crippen LogP contribution < -0.4 is 5.73 Å². The SMILES string of the molecule is CC(C)(C)SCC(N)Cc1ccn(C2CCCC2)n1. The second-order valence-electron chi connectivity index (χ2n) is 6.61. The van der Waals surface area contributed by atoms with Crippen LogP contribution in [0.3, 0.4) is 0 Å². The highest BCUT2D eigenvalue weighted by atomic mass is 32.2. The average Bonchev–Trinajstić information content (AvgIpc) is 2.94. The van der Waals surface area contributed by atoms with E-state index in [9.17, 15) is 0 Å². The van der Waals surface area contributed by atoms with Crippen LogP contribution in [0.25, 0.3) is 0 Å². The molecular formula is C15H27N3S. The lowest BCUT2D eigenvalue weighted by molar-refractivity contribution is 0.461. The van der Waals surface area contributed by atoms with Crippen molar-refractivity contribution in [3.8, 4) is 0 Å². The van der Waals surface area contributed by atoms with Crippen molar-refractivity contribution in [2.45, 2.75) is 69.7 Å². The summed E-state index contributed by atoms with van der Waals surface area (Å²) in [6.07, 6.45) is 8.29. The van der Waals surface area contributed by atoms with Crippen LogP contribution >= 0.6 is 11.8 Å². The van der Waals surface area contributed by atoms with Gasteiger partial charge < -0.3 is 5.73 Å². The molecule has 1 heterocycles. The molecule has 0 amide bonds. The van der Waals surface area contributed by atoms with Gasteiger partial charge in [-0.1, -0.05) is 33.6 Å². The van der Waals surface area contributed by atoms with E-state index in [1.54, 1.807) is 0 Å². The zero-order chi connectivity index (χ0) is 13.9. The van der Waals surface area contributed by atoms with Crippen LogP contribution in [0.1, 0.15) is 58.2 Å². The van der Waals surface area contributed by atoms with Crippen molar-refractivity contribution in [1.29, 1.82) is 0 Å². The highest BCUT2D eigenvalue weighted by molar-refractivity contribution is 8.00. The van der Waals surface area contributed by atoms with E-state index < -0.39 is 0 Å². The summed E-state index contributed by atoms with van der Waals surface area (Å²) < 4.78 is 2.45. The molecule has 1 aliphatic rings. The molecule has 3 nitrogen and oxygen atoms in total. The number of hydrogen-bond donors (Lipinski definition) is 1. The average molecular weight is 281 g/mol. The van der Waals surface area contributed by atoms with Crippen LogP contribution in [0.15, 0.2) is 12.3 Å². The smallest absolute Gasteiger partial charge is 0.0640 e. The number of nitrogens with zero attached hydrogens (tertiary/aromatic N) is 2. The normalized spacial score (nSPS) is 18.9. The van der Waals surface area contributed by atoms with Gasteiger partial charge in [0.25, 0.3) is 0 Å². The molecule has 0 saturated heterocycles. The fraction of sp³-hybridized carbons (Fsp3) is 0.800. The molecule has 1 unspecified atom stereocenters. The third-order valence-electron chi connectivity index (χ3n) is 3.56. The summed E-state index contributed by atoms with van der Waals surface area (Å²) in [6, 6.07) is 2.98. The maximum atomic E-state index is 6.21. The predicted molar refractivity (Wildman–Crippen MR) is 83.6 cm³/mol. The van der Waals surface area contributed by atoms with Gasteiger partial charge in [-0.2, -0.15) is 16.9 Å². The van der Waals surface area contributed by atoms with Crippen molar-refractivity contribution < 1.29 is 0 Å². The third kappa shape index (κ3) is 4.84. The fourth-order valence-corrected chi connectivity index (χ4v) is 3.37. The molecule has 19 heavy (non-hydrogen) atoms. The number of rotatable bonds is 5. The quantitative estimate of drug-likeness (QED) is 0.899. The van der Waals surface area contributed by atoms with Crippen molar-refractivity contribution in [2.24, 2.45) is 5.73 Å². The first kappa shape index (κ1) is 14.9. The first-order chi connectivity index (χ1) is 8.94. The molecule has 4 heteroatoms. The molecule has 1 aromatic rings. The van der Waals surface area contributed by atoms with Gasteiger partial charge in [-0.3, -0.25) is 4.68 Å². The topological polar surface area (TPSA) is 43.8 Å². The standard InChI is InChI=1S/C15H27N3S/c1-15(2,3)19-11-12(16)10-13-8-9-18(17-13)14-6-4-5-7-14/h8-9,12,14H,4-7,10-11,16H2,1-3H3. The van der Waals surface area contributed by atoms with Gasteiger partial charge in [0.1, 0.15) is 0 Å². The van der Waals surface area contributed by atoms with Crippen LogP contribution in [-0.2, 0) is 6.42 Å². The summed E-state index contributed by atoms with van der Waals surface area (Å²) in [5.74, 6) is 1.000. The van der Waals surface area contributed by atoms with Gasteiger partial charge >= 0.3 is 0 Å². The van der Waals surface area contributed by atoms with Crippen LogP contribution in [0.2, 0.25) is 0 Å². The van der Waals surface area contributed by atoms with Gasteiger partial charge in [0.15, 0.2) is 0 Å². The lowest BCUT2D eigenvalue weighted by Gasteiger charge is -2.20. The van der Waals surface area contributed by atoms with E-state index in [2.05, 4.69) is 37.7 Å². The largest absolute Gasteiger partial charge is 0.327 e. The summed E-state index contributed by atoms with van der Waals surface area (Å²) in [7, 11) is 0. The molecule has 2 rings (SSSR count). The number of nitrogens with two attached hydrogens (primary N) is 1. The molecule has 0 bridgehead atoms. The summed E-state index contributed by atoms with van der Waals surface area (Å²) >= 11 is 1.93. The molecule has 1 fully saturated rings. The van der Waals surface area contributed by atoms with Crippen molar-refractivity contribution >= 4 is 11.8 Å². The van der Waals surface area contributed by atoms with Gasteiger partial charge in [-0.15, -0.1) is 0 Å². The Hall–Kier alpha value is -0.480. The van der Waals surface area contributed by atoms with E-state index >= 15 is 0 Å². The molecule has 0 aliphatic heterocycles. The van der Waals surface area contributed by atoms with Crippen molar-refractivity contribution in [2.75, 3.05) is 5.75 Å². The summed E-state index contributed by atoms with van der Waals surface area (Å²) in [4.78, 5) is 0. The Kier molecular flexibility index (Phi) is 4.96. The molecule has 1 saturated carbocycles. The second kappa shape index (κ2) is 6.31. The van der Waals surface area contributed by atoms with Gasteiger partial charge in [-0.05, 0) is 18.9 Å². The van der Waals surface area contributed by atoms with Crippen LogP contribution in [0, 0.1) is 0 Å². The van der Waals surface area contributed by atoms with Crippen molar-refractivity contribution in [3.05, 3.63) is 18.0 Å². The van der Waals surface area contributed by atoms with Crippen LogP contribution in [-0.4, -0.2) is 26.3 Å². The summed E-state index contributed by atoms with van der Waals surface area (Å²) in [5.41, 5.74) is 7.35. The van der Waals surface area contributed by atoms with E-state index in [1.807, 2.05) is 11.8 Å². The van der Waals surface area contributed by atoms with Crippen LogP contribution in [0.4, 0.5) is 0 Å². The monoisotopic (exact) mass is 281 g/mol. The maximum absolute atomic E-state index is 6.21. The minimum Gasteiger partial charge on any atom is -0.327 e. The molecule has 1 atom stereocenters. The molecule has 1 aliphatic carbocycles. The van der Waals surface area contributed by atoms with Crippen LogP contribution in [0.5, 0.6) is 0 Å². The molecule has 0 radical (unpaired) electrons. The zero-order valence-corrected chi connectivity index (χ0v) is 13.2. The van der Waals surface area contributed by atoms with Gasteiger partial charge in [0.2, 0.25) is 0 Å². The van der Waals surface area contributed by atoms with E-state index in [-0.39, 0.29) is 6.04 Å². The minimum absolute atomic E-state index is 0.205. The Labute approximate surface area is 121 Å². The maximum Gasteiger partial charge on any atom is 0.0640 e. The molecular weight excluding hydrogens is 254 g/mol. The van der Waals surface area contributed by atoms with E-state index in [1.165, 1.54) is 25.7 Å². The molecule has 1 aromatic heterocycles. The molecule has 0 spiro atoms. The third-order valence-corrected chi connectivity index (χ3v) is 5.02. The minimum atomic E-state index is 0.205. The Morgan fingerprint density at radius 1 is 1.42 bits per heavy atom. The molecule has 0 aromatic carbocycles. The summed E-state index contributed by atoms with van der Waals surface area (Å²) in [6.45, 7) is 6.71. The highest BCUT2D eigenvalue weighted by Gasteiger charge is 2.18. The Morgan fingerprint density at radius 2 is 2.11 bits per heavy atom. The number of hydrogen-bond acceptors (Lipinski definition) is 3. The highest BCUT2D eigenvalue weighted by Crippen LogP contribution is 2.29. The Bertz CT molecular complexity index is 388. The lowest BCUT2D eigenvalue weighted by atomic mass is 10.2. The van der Waals surface area contributed by atoms with Crippen molar-refractivity contribution in [3.63, 3.8) is 0 Å². The lowest BCUT2D eigenvalue weighted by Crippen LogP contribution is -2.28. The Morgan fingerprint density at radius 3 is 2.74 bits per heavy atom. The first-order valence-corrected chi connectivity index (χ1v) is 8.36. The molecule has 108 valence electrons. The van der Waals surface area contributed by atoms with Gasteiger partial charge in [0.05, 0.1) is 11.7 Å². The van der Waals surface area contributed by atoms with E-state index in [0.29, 0.717) is 10.8 Å². The first-order valence-electron chi connectivity index (χ1n) is 7.37. The predicted octanol–water partition coefficient (Wildman–Crippen LogP) is 3.40. The zero-order valence-electron chi connectivity index (χ0n) is 12.4. The van der Waals surface area contributed by atoms with E-state index in [4.69, 9.17) is 10.8 Å². The van der Waals surface area contributed by atoms with Gasteiger partial charge in [-0.25, -0.2) is 0 Å². The van der Waals surface area contributed by atoms with E-state index in [0.717, 1.165) is 17.9 Å². The van der Waals surface area contributed by atoms with Crippen molar-refractivity contribution in [1.82, 2.24) is 9.78 Å². The number of thioether (sulfide) groups is 1. The second-order valence-corrected chi connectivity index (χ2v) is 8.46.